The summed E-state index contributed by atoms with van der Waals surface area (Å²) in [6, 6.07) is 109. The second-order valence-corrected chi connectivity index (χ2v) is 42.8. The van der Waals surface area contributed by atoms with Crippen molar-refractivity contribution >= 4 is 120 Å². The van der Waals surface area contributed by atoms with Gasteiger partial charge in [-0.1, -0.05) is 312 Å². The van der Waals surface area contributed by atoms with Crippen LogP contribution in [0.1, 0.15) is 225 Å². The molecule has 21 rings (SSSR count). The Kier molecular flexibility index (Phi) is 17.3. The quantitative estimate of drug-likeness (QED) is 0.120. The maximum atomic E-state index is 2.95. The van der Waals surface area contributed by atoms with Gasteiger partial charge in [0.05, 0.1) is 22.5 Å². The highest BCUT2D eigenvalue weighted by atomic mass is 15.3. The molecule has 0 bridgehead atoms. The highest BCUT2D eigenvalue weighted by Crippen LogP contribution is 2.67. The van der Waals surface area contributed by atoms with E-state index in [2.05, 4.69) is 422 Å². The van der Waals surface area contributed by atoms with E-state index < -0.39 is 0 Å². The first-order chi connectivity index (χ1) is 57.8. The molecular formula is C114H117B2N5. The summed E-state index contributed by atoms with van der Waals surface area (Å²) in [6.07, 6.45) is 10.1. The van der Waals surface area contributed by atoms with Gasteiger partial charge in [-0.05, 0) is 276 Å². The van der Waals surface area contributed by atoms with Crippen molar-refractivity contribution in [3.8, 4) is 22.3 Å². The summed E-state index contributed by atoms with van der Waals surface area (Å²) in [6.45, 7) is 43.5. The lowest BCUT2D eigenvalue weighted by molar-refractivity contribution is 0.195. The summed E-state index contributed by atoms with van der Waals surface area (Å²) < 4.78 is 0. The van der Waals surface area contributed by atoms with Crippen molar-refractivity contribution < 1.29 is 0 Å². The lowest BCUT2D eigenvalue weighted by Gasteiger charge is -2.54. The number of para-hydroxylation sites is 2. The molecule has 13 aromatic rings. The lowest BCUT2D eigenvalue weighted by Crippen LogP contribution is -2.65. The topological polar surface area (TPSA) is 16.2 Å². The van der Waals surface area contributed by atoms with Gasteiger partial charge in [-0.25, -0.2) is 0 Å². The van der Waals surface area contributed by atoms with Gasteiger partial charge >= 0.3 is 0 Å². The zero-order chi connectivity index (χ0) is 83.8. The lowest BCUT2D eigenvalue weighted by atomic mass is 9.33. The molecule has 604 valence electrons. The largest absolute Gasteiger partial charge is 0.335 e. The Morgan fingerprint density at radius 3 is 1.57 bits per heavy atom. The molecule has 0 radical (unpaired) electrons. The Bertz CT molecular complexity index is 6370. The zero-order valence-corrected chi connectivity index (χ0v) is 74.7. The SMILES string of the molecule is Cc1cc2c3c(c1)N1c4c(cccc4C4(c5ccccc5)CCCCC14C)B3c1cc(C(C)(C)Cc3cccc(N(c4ccccc4)c4cc5c6c(c4)N4c7c(cc(-c8ccc(C(C)(C)C)cc8)cc7C7(C)CCCCC47C)B6c4ccc(C(C)(C)C)cc4N5c4ccc(C(C)(C)C)cc4-c4ccccc4)c3)ccc1N2c1ccc(C(C)(C)C)cc1. The van der Waals surface area contributed by atoms with Crippen molar-refractivity contribution in [1.82, 2.24) is 0 Å². The molecule has 0 aromatic heterocycles. The molecule has 0 spiro atoms. The molecular weight excluding hydrogens is 1460 g/mol. The fourth-order valence-corrected chi connectivity index (χ4v) is 24.3. The van der Waals surface area contributed by atoms with E-state index in [0.29, 0.717) is 0 Å². The van der Waals surface area contributed by atoms with Gasteiger partial charge in [0.15, 0.2) is 0 Å². The number of hydrogen-bond donors (Lipinski definition) is 0. The third kappa shape index (κ3) is 11.5. The highest BCUT2D eigenvalue weighted by molar-refractivity contribution is 7.01. The monoisotopic (exact) mass is 1580 g/mol. The number of hydrogen-bond acceptors (Lipinski definition) is 5. The standard InChI is InChI=1S/C114H117B2N5/c1-73-62-98-102-100(63-73)121-104-89(114(80-37-24-20-25-38-80)61-31-30-60-113(114,121)18)42-33-43-92(104)116(102)93-68-83(52-57-96(93)118(98)85-53-48-79(49-54-85)107(5,6)7)110(14,15)72-74-34-32-41-86(64-74)117(84-39-26-21-27-40-84)87-70-99-103-101(71-87)120-105-90(111(16)58-28-29-59-112(111,120)17)65-77(75-44-46-78(47-45-75)106(2,3)4)66-94(105)115(103)91-55-50-82(109(11,12)13)69-97(91)119(99)95-56-51-81(108(8,9)10)67-88(95)76-35-22-19-23-36-76/h19-27,32-57,62-71H,28-31,58-61,72H2,1-18H3. The van der Waals surface area contributed by atoms with Crippen LogP contribution < -0.4 is 57.3 Å². The Labute approximate surface area is 722 Å². The van der Waals surface area contributed by atoms with E-state index in [1.54, 1.807) is 0 Å². The number of aryl methyl sites for hydroxylation is 1. The van der Waals surface area contributed by atoms with Crippen LogP contribution in [0.3, 0.4) is 0 Å². The van der Waals surface area contributed by atoms with Gasteiger partial charge in [0, 0.05) is 79.0 Å². The van der Waals surface area contributed by atoms with Crippen LogP contribution in [0.4, 0.5) is 73.9 Å². The summed E-state index contributed by atoms with van der Waals surface area (Å²) >= 11 is 0. The molecule has 6 heterocycles. The van der Waals surface area contributed by atoms with Gasteiger partial charge in [-0.15, -0.1) is 0 Å². The molecule has 5 nitrogen and oxygen atoms in total. The minimum atomic E-state index is -0.317. The number of fused-ring (bicyclic) bond motifs is 14. The Hall–Kier alpha value is -11.0. The predicted molar refractivity (Wildman–Crippen MR) is 519 cm³/mol. The van der Waals surface area contributed by atoms with Crippen molar-refractivity contribution in [3.63, 3.8) is 0 Å². The van der Waals surface area contributed by atoms with E-state index in [4.69, 9.17) is 0 Å². The van der Waals surface area contributed by atoms with Crippen LogP contribution in [0.15, 0.2) is 273 Å². The van der Waals surface area contributed by atoms with E-state index in [1.807, 2.05) is 0 Å². The van der Waals surface area contributed by atoms with Gasteiger partial charge in [0.2, 0.25) is 0 Å². The van der Waals surface area contributed by atoms with E-state index in [0.717, 1.165) is 49.2 Å². The first-order valence-corrected chi connectivity index (χ1v) is 45.3. The highest BCUT2D eigenvalue weighted by Gasteiger charge is 2.65. The number of nitrogens with zero attached hydrogens (tertiary/aromatic N) is 5. The van der Waals surface area contributed by atoms with Crippen LogP contribution in [-0.2, 0) is 44.3 Å². The number of rotatable bonds is 11. The van der Waals surface area contributed by atoms with Crippen molar-refractivity contribution in [2.45, 2.75) is 231 Å². The molecule has 0 N–H and O–H groups in total. The molecule has 4 unspecified atom stereocenters. The molecule has 2 saturated carbocycles. The van der Waals surface area contributed by atoms with E-state index >= 15 is 0 Å². The first-order valence-electron chi connectivity index (χ1n) is 45.3. The molecule has 2 fully saturated rings. The molecule has 121 heavy (non-hydrogen) atoms. The van der Waals surface area contributed by atoms with Gasteiger partial charge in [0.1, 0.15) is 0 Å². The van der Waals surface area contributed by atoms with Gasteiger partial charge < -0.3 is 24.5 Å². The molecule has 4 atom stereocenters. The van der Waals surface area contributed by atoms with Gasteiger partial charge in [-0.2, -0.15) is 0 Å². The molecule has 0 saturated heterocycles. The van der Waals surface area contributed by atoms with Crippen LogP contribution in [0, 0.1) is 6.92 Å². The predicted octanol–water partition coefficient (Wildman–Crippen LogP) is 26.2. The third-order valence-electron chi connectivity index (χ3n) is 30.9. The van der Waals surface area contributed by atoms with Crippen molar-refractivity contribution in [3.05, 3.63) is 329 Å². The average molecular weight is 1580 g/mol. The van der Waals surface area contributed by atoms with Crippen LogP contribution >= 0.6 is 0 Å². The fourth-order valence-electron chi connectivity index (χ4n) is 24.3. The molecule has 2 aliphatic carbocycles. The second-order valence-electron chi connectivity index (χ2n) is 42.8. The summed E-state index contributed by atoms with van der Waals surface area (Å²) in [4.78, 5) is 13.8. The minimum absolute atomic E-state index is 0.00540. The van der Waals surface area contributed by atoms with E-state index in [9.17, 15) is 0 Å². The van der Waals surface area contributed by atoms with Gasteiger partial charge in [-0.3, -0.25) is 0 Å². The normalized spacial score (nSPS) is 20.3. The molecule has 7 heteroatoms. The number of benzene rings is 13. The molecule has 8 aliphatic rings. The maximum absolute atomic E-state index is 2.95. The Morgan fingerprint density at radius 1 is 0.339 bits per heavy atom. The molecule has 6 aliphatic heterocycles. The fraction of sp³-hybridized carbons (Fsp3) is 0.316. The van der Waals surface area contributed by atoms with Crippen molar-refractivity contribution in [2.75, 3.05) is 24.5 Å². The van der Waals surface area contributed by atoms with E-state index in [-0.39, 0.29) is 62.4 Å². The summed E-state index contributed by atoms with van der Waals surface area (Å²) in [5.41, 5.74) is 42.2. The summed E-state index contributed by atoms with van der Waals surface area (Å²) in [7, 11) is 0. The Morgan fingerprint density at radius 2 is 0.876 bits per heavy atom. The first kappa shape index (κ1) is 77.3. The second kappa shape index (κ2) is 27.0. The van der Waals surface area contributed by atoms with Gasteiger partial charge in [0.25, 0.3) is 13.4 Å². The Balaban J connectivity index is 0.757. The van der Waals surface area contributed by atoms with Crippen molar-refractivity contribution in [2.24, 2.45) is 0 Å². The smallest absolute Gasteiger partial charge is 0.252 e. The van der Waals surface area contributed by atoms with E-state index in [1.165, 1.54) is 193 Å². The van der Waals surface area contributed by atoms with Crippen LogP contribution in [0.5, 0.6) is 0 Å². The molecule has 13 aromatic carbocycles. The van der Waals surface area contributed by atoms with Crippen molar-refractivity contribution in [1.29, 1.82) is 0 Å². The third-order valence-corrected chi connectivity index (χ3v) is 30.9. The van der Waals surface area contributed by atoms with Crippen LogP contribution in [-0.4, -0.2) is 24.5 Å². The maximum Gasteiger partial charge on any atom is 0.252 e. The van der Waals surface area contributed by atoms with Crippen LogP contribution in [0.2, 0.25) is 0 Å². The zero-order valence-electron chi connectivity index (χ0n) is 74.7. The minimum Gasteiger partial charge on any atom is -0.335 e. The summed E-state index contributed by atoms with van der Waals surface area (Å²) in [5, 5.41) is 0. The molecule has 0 amide bonds. The average Bonchev–Trinajstić information content (AvgIpc) is 1.60. The van der Waals surface area contributed by atoms with Crippen LogP contribution in [0.25, 0.3) is 22.3 Å². The number of anilines is 13. The summed E-state index contributed by atoms with van der Waals surface area (Å²) in [5.74, 6) is 0.